The second-order valence-corrected chi connectivity index (χ2v) is 8.70. The molecule has 0 radical (unpaired) electrons. The van der Waals surface area contributed by atoms with E-state index in [-0.39, 0.29) is 24.5 Å². The van der Waals surface area contributed by atoms with E-state index in [0.29, 0.717) is 43.3 Å². The van der Waals surface area contributed by atoms with Crippen molar-refractivity contribution in [1.29, 1.82) is 0 Å². The Kier molecular flexibility index (Phi) is 9.80. The summed E-state index contributed by atoms with van der Waals surface area (Å²) in [7, 11) is 3.19. The first-order valence-electron chi connectivity index (χ1n) is 12.0. The molecule has 1 heterocycles. The van der Waals surface area contributed by atoms with Crippen LogP contribution in [-0.4, -0.2) is 55.1 Å². The van der Waals surface area contributed by atoms with Crippen molar-refractivity contribution in [2.24, 2.45) is 0 Å². The number of amides is 3. The predicted octanol–water partition coefficient (Wildman–Crippen LogP) is 4.49. The molecule has 3 aromatic rings. The number of ether oxygens (including phenoxy) is 2. The average molecular weight is 494 g/mol. The summed E-state index contributed by atoms with van der Waals surface area (Å²) >= 11 is 0. The van der Waals surface area contributed by atoms with Gasteiger partial charge in [-0.1, -0.05) is 36.4 Å². The van der Waals surface area contributed by atoms with Crippen LogP contribution in [0.2, 0.25) is 0 Å². The molecule has 0 saturated heterocycles. The third-order valence-electron chi connectivity index (χ3n) is 5.87. The van der Waals surface area contributed by atoms with Crippen molar-refractivity contribution in [2.75, 3.05) is 27.3 Å². The van der Waals surface area contributed by atoms with Crippen molar-refractivity contribution in [3.05, 3.63) is 83.8 Å². The summed E-state index contributed by atoms with van der Waals surface area (Å²) in [4.78, 5) is 29.6. The summed E-state index contributed by atoms with van der Waals surface area (Å²) in [6.07, 6.45) is 2.19. The van der Waals surface area contributed by atoms with Crippen molar-refractivity contribution in [1.82, 2.24) is 15.1 Å². The summed E-state index contributed by atoms with van der Waals surface area (Å²) in [5.41, 5.74) is 2.00. The Hall–Kier alpha value is -3.94. The van der Waals surface area contributed by atoms with Crippen LogP contribution >= 0.6 is 0 Å². The third kappa shape index (κ3) is 7.53. The van der Waals surface area contributed by atoms with Crippen molar-refractivity contribution in [3.63, 3.8) is 0 Å². The van der Waals surface area contributed by atoms with Crippen LogP contribution in [0.25, 0.3) is 0 Å². The average Bonchev–Trinajstić information content (AvgIpc) is 3.41. The highest BCUT2D eigenvalue weighted by Crippen LogP contribution is 2.27. The maximum Gasteiger partial charge on any atom is 0.318 e. The molecular weight excluding hydrogens is 458 g/mol. The molecule has 0 aliphatic heterocycles. The van der Waals surface area contributed by atoms with Crippen molar-refractivity contribution in [3.8, 4) is 11.5 Å². The molecule has 8 nitrogen and oxygen atoms in total. The standard InChI is InChI=1S/C28H35N3O5/c1-21(2)31(28(33)29-18-23-9-6-5-7-10-23)20-27(32)30(19-24-11-8-16-36-24)15-14-22-12-13-25(34-3)26(17-22)35-4/h5-13,16-17,21H,14-15,18-20H2,1-4H3,(H,29,33). The van der Waals surface area contributed by atoms with Crippen molar-refractivity contribution in [2.45, 2.75) is 39.4 Å². The van der Waals surface area contributed by atoms with Crippen molar-refractivity contribution >= 4 is 11.9 Å². The maximum atomic E-state index is 13.4. The van der Waals surface area contributed by atoms with Gasteiger partial charge in [-0.25, -0.2) is 4.79 Å². The van der Waals surface area contributed by atoms with Crippen molar-refractivity contribution < 1.29 is 23.5 Å². The number of nitrogens with one attached hydrogen (secondary N) is 1. The highest BCUT2D eigenvalue weighted by Gasteiger charge is 2.24. The Morgan fingerprint density at radius 3 is 2.33 bits per heavy atom. The number of urea groups is 1. The number of nitrogens with zero attached hydrogens (tertiary/aromatic N) is 2. The SMILES string of the molecule is COc1ccc(CCN(Cc2ccco2)C(=O)CN(C(=O)NCc2ccccc2)C(C)C)cc1OC. The summed E-state index contributed by atoms with van der Waals surface area (Å²) in [5, 5.41) is 2.92. The molecule has 1 N–H and O–H groups in total. The fourth-order valence-corrected chi connectivity index (χ4v) is 3.79. The normalized spacial score (nSPS) is 10.7. The van der Waals surface area contributed by atoms with Crippen LogP contribution in [0.5, 0.6) is 11.5 Å². The molecule has 3 amide bonds. The topological polar surface area (TPSA) is 84.2 Å². The highest BCUT2D eigenvalue weighted by molar-refractivity contribution is 5.84. The Labute approximate surface area is 212 Å². The van der Waals surface area contributed by atoms with Crippen LogP contribution in [0.1, 0.15) is 30.7 Å². The molecule has 0 fully saturated rings. The van der Waals surface area contributed by atoms with E-state index in [9.17, 15) is 9.59 Å². The Morgan fingerprint density at radius 2 is 1.69 bits per heavy atom. The smallest absolute Gasteiger partial charge is 0.318 e. The number of furan rings is 1. The van der Waals surface area contributed by atoms with E-state index in [4.69, 9.17) is 13.9 Å². The van der Waals surface area contributed by atoms with E-state index < -0.39 is 0 Å². The molecule has 0 spiro atoms. The van der Waals surface area contributed by atoms with Gasteiger partial charge in [0.2, 0.25) is 5.91 Å². The van der Waals surface area contributed by atoms with E-state index in [1.807, 2.05) is 68.4 Å². The fourth-order valence-electron chi connectivity index (χ4n) is 3.79. The van der Waals surface area contributed by atoms with Gasteiger partial charge in [-0.05, 0) is 55.7 Å². The third-order valence-corrected chi connectivity index (χ3v) is 5.87. The van der Waals surface area contributed by atoms with E-state index >= 15 is 0 Å². The summed E-state index contributed by atoms with van der Waals surface area (Å²) in [6.45, 7) is 4.92. The minimum atomic E-state index is -0.278. The molecule has 0 bridgehead atoms. The monoisotopic (exact) mass is 493 g/mol. The van der Waals surface area contributed by atoms with Gasteiger partial charge in [0, 0.05) is 19.1 Å². The van der Waals surface area contributed by atoms with Gasteiger partial charge in [0.25, 0.3) is 0 Å². The van der Waals surface area contributed by atoms with Gasteiger partial charge >= 0.3 is 6.03 Å². The number of methoxy groups -OCH3 is 2. The molecule has 0 aliphatic rings. The summed E-state index contributed by atoms with van der Waals surface area (Å²) in [6, 6.07) is 18.6. The van der Waals surface area contributed by atoms with Crippen LogP contribution in [0.15, 0.2) is 71.3 Å². The Balaban J connectivity index is 1.68. The van der Waals surface area contributed by atoms with Gasteiger partial charge in [-0.3, -0.25) is 4.79 Å². The molecular formula is C28H35N3O5. The molecule has 8 heteroatoms. The summed E-state index contributed by atoms with van der Waals surface area (Å²) < 4.78 is 16.2. The first-order valence-corrected chi connectivity index (χ1v) is 12.0. The number of hydrogen-bond acceptors (Lipinski definition) is 5. The molecule has 3 rings (SSSR count). The van der Waals surface area contributed by atoms with Gasteiger partial charge in [-0.15, -0.1) is 0 Å². The number of carbonyl (C=O) groups excluding carboxylic acids is 2. The number of carbonyl (C=O) groups is 2. The maximum absolute atomic E-state index is 13.4. The number of rotatable bonds is 12. The van der Waals surface area contributed by atoms with Crippen LogP contribution in [0.3, 0.4) is 0 Å². The quantitative estimate of drug-likeness (QED) is 0.402. The predicted molar refractivity (Wildman–Crippen MR) is 138 cm³/mol. The molecule has 1 aromatic heterocycles. The van der Waals surface area contributed by atoms with E-state index in [0.717, 1.165) is 11.1 Å². The minimum Gasteiger partial charge on any atom is -0.493 e. The zero-order chi connectivity index (χ0) is 25.9. The molecule has 192 valence electrons. The molecule has 0 atom stereocenters. The van der Waals surface area contributed by atoms with E-state index in [1.165, 1.54) is 0 Å². The second-order valence-electron chi connectivity index (χ2n) is 8.70. The van der Waals surface area contributed by atoms with Crippen LogP contribution in [-0.2, 0) is 24.3 Å². The van der Waals surface area contributed by atoms with Crippen LogP contribution in [0, 0.1) is 0 Å². The van der Waals surface area contributed by atoms with Gasteiger partial charge in [0.05, 0.1) is 27.0 Å². The second kappa shape index (κ2) is 13.2. The first kappa shape index (κ1) is 26.7. The number of hydrogen-bond donors (Lipinski definition) is 1. The summed E-state index contributed by atoms with van der Waals surface area (Å²) in [5.74, 6) is 1.81. The fraction of sp³-hybridized carbons (Fsp3) is 0.357. The van der Waals surface area contributed by atoms with Crippen LogP contribution < -0.4 is 14.8 Å². The zero-order valence-corrected chi connectivity index (χ0v) is 21.4. The van der Waals surface area contributed by atoms with E-state index in [2.05, 4.69) is 5.32 Å². The lowest BCUT2D eigenvalue weighted by atomic mass is 10.1. The molecule has 0 aliphatic carbocycles. The Morgan fingerprint density at radius 1 is 0.944 bits per heavy atom. The van der Waals surface area contributed by atoms with Gasteiger partial charge in [-0.2, -0.15) is 0 Å². The van der Waals surface area contributed by atoms with E-state index in [1.54, 1.807) is 36.3 Å². The minimum absolute atomic E-state index is 0.0368. The molecule has 0 unspecified atom stereocenters. The largest absolute Gasteiger partial charge is 0.493 e. The highest BCUT2D eigenvalue weighted by atomic mass is 16.5. The lowest BCUT2D eigenvalue weighted by Crippen LogP contribution is -2.49. The molecule has 0 saturated carbocycles. The lowest BCUT2D eigenvalue weighted by Gasteiger charge is -2.30. The van der Waals surface area contributed by atoms with Gasteiger partial charge in [0.1, 0.15) is 12.3 Å². The van der Waals surface area contributed by atoms with Crippen LogP contribution in [0.4, 0.5) is 4.79 Å². The molecule has 36 heavy (non-hydrogen) atoms. The van der Waals surface area contributed by atoms with Gasteiger partial charge < -0.3 is 29.0 Å². The van der Waals surface area contributed by atoms with Gasteiger partial charge in [0.15, 0.2) is 11.5 Å². The first-order chi connectivity index (χ1) is 17.4. The lowest BCUT2D eigenvalue weighted by molar-refractivity contribution is -0.133. The molecule has 2 aromatic carbocycles. The Bertz CT molecular complexity index is 1100. The number of benzene rings is 2. The zero-order valence-electron chi connectivity index (χ0n) is 21.4.